The van der Waals surface area contributed by atoms with Gasteiger partial charge in [-0.05, 0) is 25.6 Å². The minimum absolute atomic E-state index is 0.129. The molecule has 0 radical (unpaired) electrons. The number of hydrogen-bond acceptors (Lipinski definition) is 7. The van der Waals surface area contributed by atoms with Gasteiger partial charge in [-0.25, -0.2) is 4.79 Å². The average Bonchev–Trinajstić information content (AvgIpc) is 2.27. The van der Waals surface area contributed by atoms with Crippen LogP contribution in [0.1, 0.15) is 34.1 Å². The lowest BCUT2D eigenvalue weighted by Crippen LogP contribution is -2.15. The van der Waals surface area contributed by atoms with Crippen molar-refractivity contribution in [2.75, 3.05) is 12.5 Å². The highest BCUT2D eigenvalue weighted by atomic mass is 32.2. The highest BCUT2D eigenvalue weighted by Crippen LogP contribution is 2.08. The van der Waals surface area contributed by atoms with Gasteiger partial charge in [-0.2, -0.15) is 0 Å². The van der Waals surface area contributed by atoms with E-state index in [9.17, 15) is 14.4 Å². The summed E-state index contributed by atoms with van der Waals surface area (Å²) in [6, 6.07) is 0. The first-order valence-electron chi connectivity index (χ1n) is 5.98. The summed E-state index contributed by atoms with van der Waals surface area (Å²) in [4.78, 5) is 33.4. The number of rotatable bonds is 7. The van der Waals surface area contributed by atoms with Crippen LogP contribution < -0.4 is 0 Å². The molecular formula is C12H20O6S. The second-order valence-corrected chi connectivity index (χ2v) is 5.30. The monoisotopic (exact) mass is 292 g/mol. The Kier molecular flexibility index (Phi) is 9.03. The molecular weight excluding hydrogens is 272 g/mol. The fraction of sp³-hybridized carbons (Fsp3) is 0.750. The Morgan fingerprint density at radius 3 is 2.21 bits per heavy atom. The number of carbonyl (C=O) groups excluding carboxylic acids is 3. The largest absolute Gasteiger partial charge is 0.463 e. The Balaban J connectivity index is 3.60. The van der Waals surface area contributed by atoms with E-state index in [2.05, 4.69) is 9.47 Å². The van der Waals surface area contributed by atoms with Crippen LogP contribution in [0, 0.1) is 5.92 Å². The van der Waals surface area contributed by atoms with Crippen LogP contribution in [0.3, 0.4) is 0 Å². The standard InChI is InChI=1S/C12H20O6S/c1-8(2)11(14)16-7-17-12(15)19-6-5-10(13)18-9(3)4/h8-9H,5-7H2,1-4H3. The fourth-order valence-electron chi connectivity index (χ4n) is 0.884. The van der Waals surface area contributed by atoms with Crippen molar-refractivity contribution in [1.29, 1.82) is 0 Å². The number of hydrogen-bond donors (Lipinski definition) is 0. The number of ether oxygens (including phenoxy) is 3. The van der Waals surface area contributed by atoms with Crippen LogP contribution in [0.5, 0.6) is 0 Å². The Labute approximate surface area is 117 Å². The lowest BCUT2D eigenvalue weighted by molar-refractivity contribution is -0.155. The van der Waals surface area contributed by atoms with Crippen molar-refractivity contribution in [2.45, 2.75) is 40.2 Å². The minimum atomic E-state index is -0.589. The maximum Gasteiger partial charge on any atom is 0.370 e. The summed E-state index contributed by atoms with van der Waals surface area (Å²) < 4.78 is 14.2. The molecule has 0 unspecified atom stereocenters. The molecule has 0 amide bonds. The number of esters is 2. The van der Waals surface area contributed by atoms with Crippen LogP contribution in [0.25, 0.3) is 0 Å². The lowest BCUT2D eigenvalue weighted by Gasteiger charge is -2.08. The second kappa shape index (κ2) is 9.66. The molecule has 0 saturated heterocycles. The van der Waals surface area contributed by atoms with Gasteiger partial charge in [-0.1, -0.05) is 13.8 Å². The predicted octanol–water partition coefficient (Wildman–Crippen LogP) is 2.35. The van der Waals surface area contributed by atoms with Crippen molar-refractivity contribution in [3.05, 3.63) is 0 Å². The summed E-state index contributed by atoms with van der Waals surface area (Å²) in [6.45, 7) is 6.46. The first kappa shape index (κ1) is 17.8. The molecule has 0 aliphatic heterocycles. The van der Waals surface area contributed by atoms with E-state index in [0.717, 1.165) is 11.8 Å². The van der Waals surface area contributed by atoms with Gasteiger partial charge in [0, 0.05) is 5.75 Å². The zero-order chi connectivity index (χ0) is 14.8. The SMILES string of the molecule is CC(C)OC(=O)CCSC(=O)OCOC(=O)C(C)C. The van der Waals surface area contributed by atoms with Gasteiger partial charge in [0.2, 0.25) is 6.79 Å². The van der Waals surface area contributed by atoms with Gasteiger partial charge >= 0.3 is 17.2 Å². The molecule has 0 bridgehead atoms. The van der Waals surface area contributed by atoms with Gasteiger partial charge in [-0.3, -0.25) is 9.59 Å². The lowest BCUT2D eigenvalue weighted by atomic mass is 10.2. The van der Waals surface area contributed by atoms with Gasteiger partial charge in [0.15, 0.2) is 0 Å². The van der Waals surface area contributed by atoms with E-state index < -0.39 is 18.1 Å². The van der Waals surface area contributed by atoms with Crippen LogP contribution in [0.2, 0.25) is 0 Å². The first-order chi connectivity index (χ1) is 8.82. The van der Waals surface area contributed by atoms with E-state index in [-0.39, 0.29) is 30.2 Å². The zero-order valence-corrected chi connectivity index (χ0v) is 12.5. The van der Waals surface area contributed by atoms with Crippen molar-refractivity contribution in [1.82, 2.24) is 0 Å². The quantitative estimate of drug-likeness (QED) is 0.526. The molecule has 7 heteroatoms. The third kappa shape index (κ3) is 10.4. The van der Waals surface area contributed by atoms with Gasteiger partial charge in [0.25, 0.3) is 0 Å². The molecule has 110 valence electrons. The smallest absolute Gasteiger partial charge is 0.370 e. The van der Waals surface area contributed by atoms with E-state index in [1.807, 2.05) is 0 Å². The van der Waals surface area contributed by atoms with Gasteiger partial charge < -0.3 is 14.2 Å². The molecule has 0 aliphatic carbocycles. The Morgan fingerprint density at radius 1 is 1.05 bits per heavy atom. The minimum Gasteiger partial charge on any atom is -0.463 e. The predicted molar refractivity (Wildman–Crippen MR) is 70.6 cm³/mol. The fourth-order valence-corrected chi connectivity index (χ4v) is 1.45. The molecule has 19 heavy (non-hydrogen) atoms. The Hall–Kier alpha value is -1.24. The first-order valence-corrected chi connectivity index (χ1v) is 6.97. The highest BCUT2D eigenvalue weighted by molar-refractivity contribution is 8.13. The van der Waals surface area contributed by atoms with E-state index in [1.165, 1.54) is 0 Å². The van der Waals surface area contributed by atoms with E-state index in [0.29, 0.717) is 0 Å². The molecule has 6 nitrogen and oxygen atoms in total. The van der Waals surface area contributed by atoms with Crippen LogP contribution in [-0.4, -0.2) is 35.9 Å². The van der Waals surface area contributed by atoms with E-state index in [1.54, 1.807) is 27.7 Å². The second-order valence-electron chi connectivity index (χ2n) is 4.27. The van der Waals surface area contributed by atoms with Crippen LogP contribution in [0.4, 0.5) is 4.79 Å². The molecule has 0 rings (SSSR count). The molecule has 0 heterocycles. The van der Waals surface area contributed by atoms with Crippen LogP contribution in [0.15, 0.2) is 0 Å². The zero-order valence-electron chi connectivity index (χ0n) is 11.6. The van der Waals surface area contributed by atoms with Gasteiger partial charge in [0.1, 0.15) is 0 Å². The van der Waals surface area contributed by atoms with E-state index in [4.69, 9.17) is 4.74 Å². The third-order valence-electron chi connectivity index (χ3n) is 1.74. The van der Waals surface area contributed by atoms with Crippen molar-refractivity contribution < 1.29 is 28.6 Å². The summed E-state index contributed by atoms with van der Waals surface area (Å²) >= 11 is 0.839. The summed E-state index contributed by atoms with van der Waals surface area (Å²) in [7, 11) is 0. The molecule has 0 atom stereocenters. The summed E-state index contributed by atoms with van der Waals surface area (Å²) in [6.07, 6.45) is -0.0381. The molecule has 0 aromatic rings. The number of carbonyl (C=O) groups is 3. The van der Waals surface area contributed by atoms with Crippen molar-refractivity contribution in [3.63, 3.8) is 0 Å². The highest BCUT2D eigenvalue weighted by Gasteiger charge is 2.11. The molecule has 0 aromatic carbocycles. The van der Waals surface area contributed by atoms with Gasteiger partial charge in [-0.15, -0.1) is 0 Å². The summed E-state index contributed by atoms with van der Waals surface area (Å²) in [5.41, 5.74) is 0. The van der Waals surface area contributed by atoms with Crippen molar-refractivity contribution >= 4 is 29.0 Å². The van der Waals surface area contributed by atoms with Crippen LogP contribution >= 0.6 is 11.8 Å². The molecule has 0 N–H and O–H groups in total. The maximum atomic E-state index is 11.2. The maximum absolute atomic E-state index is 11.2. The normalized spacial score (nSPS) is 10.4. The topological polar surface area (TPSA) is 78.9 Å². The molecule has 0 fully saturated rings. The molecule has 0 spiro atoms. The van der Waals surface area contributed by atoms with Crippen molar-refractivity contribution in [2.24, 2.45) is 5.92 Å². The molecule has 0 saturated carbocycles. The third-order valence-corrected chi connectivity index (χ3v) is 2.50. The van der Waals surface area contributed by atoms with E-state index >= 15 is 0 Å². The van der Waals surface area contributed by atoms with Gasteiger partial charge in [0.05, 0.1) is 18.4 Å². The molecule has 0 aromatic heterocycles. The number of thioether (sulfide) groups is 1. The van der Waals surface area contributed by atoms with Crippen LogP contribution in [-0.2, 0) is 23.8 Å². The average molecular weight is 292 g/mol. The van der Waals surface area contributed by atoms with Crippen molar-refractivity contribution in [3.8, 4) is 0 Å². The summed E-state index contributed by atoms with van der Waals surface area (Å²) in [5.74, 6) is -0.792. The summed E-state index contributed by atoms with van der Waals surface area (Å²) in [5, 5.41) is -0.589. The Bertz CT molecular complexity index is 313. The molecule has 0 aliphatic rings. The Morgan fingerprint density at radius 2 is 1.68 bits per heavy atom.